The van der Waals surface area contributed by atoms with Crippen molar-refractivity contribution in [2.75, 3.05) is 5.84 Å². The summed E-state index contributed by atoms with van der Waals surface area (Å²) in [6, 6.07) is 5.85. The van der Waals surface area contributed by atoms with Crippen LogP contribution in [0.2, 0.25) is 0 Å². The number of aromatic nitrogens is 3. The number of aryl methyl sites for hydroxylation is 1. The Kier molecular flexibility index (Phi) is 1.73. The van der Waals surface area contributed by atoms with Gasteiger partial charge in [-0.05, 0) is 19.1 Å². The zero-order valence-electron chi connectivity index (χ0n) is 7.31. The molecule has 0 unspecified atom stereocenters. The standard InChI is InChI=1S/C9H10N4/c1-7-3-2-4-9(12-7)8-5-11-13(10)6-8/h2-6H,10H2,1H3. The minimum absolute atomic E-state index is 0.900. The van der Waals surface area contributed by atoms with Gasteiger partial charge in [-0.3, -0.25) is 4.98 Å². The summed E-state index contributed by atoms with van der Waals surface area (Å²) < 4.78 is 0. The van der Waals surface area contributed by atoms with Crippen molar-refractivity contribution < 1.29 is 0 Å². The van der Waals surface area contributed by atoms with E-state index in [0.717, 1.165) is 17.0 Å². The highest BCUT2D eigenvalue weighted by molar-refractivity contribution is 5.56. The molecule has 0 bridgehead atoms. The summed E-state index contributed by atoms with van der Waals surface area (Å²) in [7, 11) is 0. The van der Waals surface area contributed by atoms with Gasteiger partial charge in [0.2, 0.25) is 0 Å². The molecule has 4 heteroatoms. The molecule has 13 heavy (non-hydrogen) atoms. The van der Waals surface area contributed by atoms with E-state index in [0.29, 0.717) is 0 Å². The van der Waals surface area contributed by atoms with Crippen LogP contribution in [0.15, 0.2) is 30.6 Å². The van der Waals surface area contributed by atoms with Gasteiger partial charge in [0.25, 0.3) is 0 Å². The van der Waals surface area contributed by atoms with Crippen LogP contribution in [0.4, 0.5) is 0 Å². The molecule has 0 spiro atoms. The monoisotopic (exact) mass is 174 g/mol. The summed E-state index contributed by atoms with van der Waals surface area (Å²) in [5, 5.41) is 3.88. The molecule has 0 aliphatic rings. The second-order valence-electron chi connectivity index (χ2n) is 2.87. The van der Waals surface area contributed by atoms with E-state index in [1.807, 2.05) is 25.1 Å². The highest BCUT2D eigenvalue weighted by Gasteiger charge is 2.00. The second kappa shape index (κ2) is 2.90. The molecule has 0 amide bonds. The first kappa shape index (κ1) is 7.79. The predicted octanol–water partition coefficient (Wildman–Crippen LogP) is 0.967. The molecular formula is C9H10N4. The summed E-state index contributed by atoms with van der Waals surface area (Å²) in [6.45, 7) is 1.95. The van der Waals surface area contributed by atoms with Crippen LogP contribution in [0, 0.1) is 6.92 Å². The van der Waals surface area contributed by atoms with Gasteiger partial charge < -0.3 is 5.84 Å². The summed E-state index contributed by atoms with van der Waals surface area (Å²) in [5.74, 6) is 5.43. The van der Waals surface area contributed by atoms with Crippen molar-refractivity contribution in [1.29, 1.82) is 0 Å². The number of pyridine rings is 1. The molecule has 2 heterocycles. The summed E-state index contributed by atoms with van der Waals surface area (Å²) in [4.78, 5) is 5.62. The normalized spacial score (nSPS) is 10.2. The molecule has 2 aromatic heterocycles. The van der Waals surface area contributed by atoms with Crippen LogP contribution in [-0.4, -0.2) is 14.9 Å². The van der Waals surface area contributed by atoms with Crippen molar-refractivity contribution in [2.24, 2.45) is 0 Å². The van der Waals surface area contributed by atoms with Crippen LogP contribution in [0.1, 0.15) is 5.69 Å². The Hall–Kier alpha value is -1.84. The van der Waals surface area contributed by atoms with Crippen molar-refractivity contribution >= 4 is 0 Å². The van der Waals surface area contributed by atoms with Crippen molar-refractivity contribution in [3.8, 4) is 11.3 Å². The first-order valence-corrected chi connectivity index (χ1v) is 3.99. The number of nitrogens with zero attached hydrogens (tertiary/aromatic N) is 3. The molecule has 0 aliphatic carbocycles. The molecule has 0 saturated heterocycles. The highest BCUT2D eigenvalue weighted by Crippen LogP contribution is 2.14. The maximum atomic E-state index is 5.43. The third-order valence-corrected chi connectivity index (χ3v) is 1.79. The molecule has 0 radical (unpaired) electrons. The lowest BCUT2D eigenvalue weighted by atomic mass is 10.2. The lowest BCUT2D eigenvalue weighted by Gasteiger charge is -1.96. The molecule has 2 rings (SSSR count). The van der Waals surface area contributed by atoms with E-state index in [1.54, 1.807) is 12.4 Å². The zero-order chi connectivity index (χ0) is 9.26. The van der Waals surface area contributed by atoms with E-state index in [4.69, 9.17) is 5.84 Å². The Morgan fingerprint density at radius 3 is 2.85 bits per heavy atom. The van der Waals surface area contributed by atoms with Crippen LogP contribution in [0.5, 0.6) is 0 Å². The molecular weight excluding hydrogens is 164 g/mol. The predicted molar refractivity (Wildman–Crippen MR) is 50.3 cm³/mol. The molecule has 2 N–H and O–H groups in total. The minimum atomic E-state index is 0.900. The van der Waals surface area contributed by atoms with Crippen molar-refractivity contribution in [3.63, 3.8) is 0 Å². The lowest BCUT2D eigenvalue weighted by molar-refractivity contribution is 0.832. The molecule has 66 valence electrons. The Bertz CT molecular complexity index is 419. The van der Waals surface area contributed by atoms with Crippen molar-refractivity contribution in [1.82, 2.24) is 14.9 Å². The number of hydrogen-bond donors (Lipinski definition) is 1. The van der Waals surface area contributed by atoms with Gasteiger partial charge in [0.15, 0.2) is 0 Å². The van der Waals surface area contributed by atoms with Crippen LogP contribution in [0.3, 0.4) is 0 Å². The largest absolute Gasteiger partial charge is 0.323 e. The lowest BCUT2D eigenvalue weighted by Crippen LogP contribution is -2.07. The maximum absolute atomic E-state index is 5.43. The average molecular weight is 174 g/mol. The Morgan fingerprint density at radius 1 is 1.38 bits per heavy atom. The SMILES string of the molecule is Cc1cccc(-c2cnn(N)c2)n1. The molecule has 4 nitrogen and oxygen atoms in total. The zero-order valence-corrected chi connectivity index (χ0v) is 7.31. The quantitative estimate of drug-likeness (QED) is 0.655. The number of nitrogens with two attached hydrogens (primary N) is 1. The van der Waals surface area contributed by atoms with Gasteiger partial charge in [0.05, 0.1) is 18.1 Å². The fourth-order valence-corrected chi connectivity index (χ4v) is 1.17. The van der Waals surface area contributed by atoms with Crippen LogP contribution in [0.25, 0.3) is 11.3 Å². The summed E-state index contributed by atoms with van der Waals surface area (Å²) in [5.41, 5.74) is 2.82. The number of nitrogen functional groups attached to an aromatic ring is 1. The van der Waals surface area contributed by atoms with E-state index >= 15 is 0 Å². The maximum Gasteiger partial charge on any atom is 0.0737 e. The minimum Gasteiger partial charge on any atom is -0.323 e. The van der Waals surface area contributed by atoms with Gasteiger partial charge >= 0.3 is 0 Å². The molecule has 2 aromatic rings. The molecule has 0 atom stereocenters. The van der Waals surface area contributed by atoms with Gasteiger partial charge in [0.1, 0.15) is 0 Å². The Morgan fingerprint density at radius 2 is 2.23 bits per heavy atom. The van der Waals surface area contributed by atoms with Gasteiger partial charge in [-0.1, -0.05) is 6.07 Å². The number of hydrogen-bond acceptors (Lipinski definition) is 3. The van der Waals surface area contributed by atoms with Gasteiger partial charge in [-0.15, -0.1) is 0 Å². The van der Waals surface area contributed by atoms with Gasteiger partial charge in [-0.2, -0.15) is 9.89 Å². The van der Waals surface area contributed by atoms with Crippen LogP contribution >= 0.6 is 0 Å². The van der Waals surface area contributed by atoms with Gasteiger partial charge in [0, 0.05) is 11.3 Å². The van der Waals surface area contributed by atoms with Crippen LogP contribution in [-0.2, 0) is 0 Å². The third-order valence-electron chi connectivity index (χ3n) is 1.79. The van der Waals surface area contributed by atoms with E-state index in [2.05, 4.69) is 10.1 Å². The summed E-state index contributed by atoms with van der Waals surface area (Å²) >= 11 is 0. The van der Waals surface area contributed by atoms with Crippen LogP contribution < -0.4 is 5.84 Å². The van der Waals surface area contributed by atoms with Crippen molar-refractivity contribution in [3.05, 3.63) is 36.3 Å². The Balaban J connectivity index is 2.46. The molecule has 0 aromatic carbocycles. The fourth-order valence-electron chi connectivity index (χ4n) is 1.17. The summed E-state index contributed by atoms with van der Waals surface area (Å²) in [6.07, 6.45) is 3.43. The Labute approximate surface area is 76.0 Å². The van der Waals surface area contributed by atoms with Gasteiger partial charge in [-0.25, -0.2) is 0 Å². The molecule has 0 aliphatic heterocycles. The van der Waals surface area contributed by atoms with E-state index in [1.165, 1.54) is 4.79 Å². The first-order valence-electron chi connectivity index (χ1n) is 3.99. The third kappa shape index (κ3) is 1.51. The smallest absolute Gasteiger partial charge is 0.0737 e. The first-order chi connectivity index (χ1) is 6.25. The van der Waals surface area contributed by atoms with E-state index < -0.39 is 0 Å². The highest BCUT2D eigenvalue weighted by atomic mass is 15.5. The average Bonchev–Trinajstić information content (AvgIpc) is 2.52. The van der Waals surface area contributed by atoms with E-state index in [9.17, 15) is 0 Å². The molecule has 0 fully saturated rings. The fraction of sp³-hybridized carbons (Fsp3) is 0.111. The molecule has 0 saturated carbocycles. The van der Waals surface area contributed by atoms with Crippen molar-refractivity contribution in [2.45, 2.75) is 6.92 Å². The van der Waals surface area contributed by atoms with E-state index in [-0.39, 0.29) is 0 Å². The topological polar surface area (TPSA) is 56.7 Å². The number of rotatable bonds is 1. The second-order valence-corrected chi connectivity index (χ2v) is 2.87.